The van der Waals surface area contributed by atoms with Crippen molar-refractivity contribution in [1.82, 2.24) is 19.5 Å². The van der Waals surface area contributed by atoms with Crippen LogP contribution in [-0.4, -0.2) is 19.5 Å². The van der Waals surface area contributed by atoms with Crippen molar-refractivity contribution >= 4 is 75.3 Å². The maximum atomic E-state index is 6.91. The Kier molecular flexibility index (Phi) is 8.01. The standard InChI is InChI=1S/C57H34N4OS/c1-4-16-35(17-5-1)39-25-15-29-50-51(39)44-34-38(30-33-49(44)63-50)40-24-14-28-47-52(40)53-48(62-47)32-31-43(54(53)61-45-26-12-10-22-41(45)42-23-11-13-27-46(42)61)57-59-55(36-18-6-2-7-19-36)58-56(60-57)37-20-8-3-9-21-37/h1-34H. The lowest BCUT2D eigenvalue weighted by Crippen LogP contribution is -2.04. The van der Waals surface area contributed by atoms with Crippen LogP contribution in [0.3, 0.4) is 0 Å². The van der Waals surface area contributed by atoms with Crippen LogP contribution >= 0.6 is 11.3 Å². The largest absolute Gasteiger partial charge is 0.456 e. The van der Waals surface area contributed by atoms with E-state index in [9.17, 15) is 0 Å². The van der Waals surface area contributed by atoms with Crippen LogP contribution in [0.15, 0.2) is 211 Å². The fourth-order valence-corrected chi connectivity index (χ4v) is 10.6. The lowest BCUT2D eigenvalue weighted by atomic mass is 9.94. The smallest absolute Gasteiger partial charge is 0.166 e. The zero-order valence-electron chi connectivity index (χ0n) is 33.7. The molecule has 0 aliphatic carbocycles. The molecular formula is C57H34N4OS. The maximum absolute atomic E-state index is 6.91. The Bertz CT molecular complexity index is 3800. The lowest BCUT2D eigenvalue weighted by Gasteiger charge is -2.16. The van der Waals surface area contributed by atoms with E-state index >= 15 is 0 Å². The van der Waals surface area contributed by atoms with E-state index in [1.54, 1.807) is 0 Å². The van der Waals surface area contributed by atoms with Crippen molar-refractivity contribution in [2.75, 3.05) is 0 Å². The average molecular weight is 823 g/mol. The first-order valence-corrected chi connectivity index (χ1v) is 21.9. The zero-order valence-corrected chi connectivity index (χ0v) is 34.6. The number of hydrogen-bond donors (Lipinski definition) is 0. The van der Waals surface area contributed by atoms with Crippen LogP contribution in [-0.2, 0) is 0 Å². The number of para-hydroxylation sites is 2. The quantitative estimate of drug-likeness (QED) is 0.168. The van der Waals surface area contributed by atoms with Crippen LogP contribution in [0.4, 0.5) is 0 Å². The summed E-state index contributed by atoms with van der Waals surface area (Å²) < 4.78 is 11.8. The van der Waals surface area contributed by atoms with Crippen LogP contribution in [0.5, 0.6) is 0 Å². The highest BCUT2D eigenvalue weighted by Crippen LogP contribution is 2.47. The summed E-state index contributed by atoms with van der Waals surface area (Å²) in [6.45, 7) is 0. The first kappa shape index (κ1) is 35.6. The summed E-state index contributed by atoms with van der Waals surface area (Å²) in [6, 6.07) is 72.5. The molecule has 63 heavy (non-hydrogen) atoms. The fraction of sp³-hybridized carbons (Fsp3) is 0. The normalized spacial score (nSPS) is 11.8. The molecule has 13 rings (SSSR count). The summed E-state index contributed by atoms with van der Waals surface area (Å²) in [5.41, 5.74) is 12.1. The van der Waals surface area contributed by atoms with E-state index in [0.717, 1.165) is 66.5 Å². The molecule has 6 heteroatoms. The van der Waals surface area contributed by atoms with Crippen LogP contribution in [0.1, 0.15) is 0 Å². The molecule has 0 unspecified atom stereocenters. The van der Waals surface area contributed by atoms with Gasteiger partial charge in [0.1, 0.15) is 11.2 Å². The number of benzene rings is 9. The molecule has 0 aliphatic heterocycles. The van der Waals surface area contributed by atoms with Crippen molar-refractivity contribution in [2.24, 2.45) is 0 Å². The minimum absolute atomic E-state index is 0.577. The van der Waals surface area contributed by atoms with Gasteiger partial charge in [0.2, 0.25) is 0 Å². The van der Waals surface area contributed by atoms with Gasteiger partial charge in [-0.05, 0) is 70.8 Å². The summed E-state index contributed by atoms with van der Waals surface area (Å²) in [5, 5.41) is 6.88. The molecule has 5 nitrogen and oxygen atoms in total. The third-order valence-corrected chi connectivity index (χ3v) is 13.4. The van der Waals surface area contributed by atoms with Gasteiger partial charge in [0, 0.05) is 53.0 Å². The second-order valence-corrected chi connectivity index (χ2v) is 17.0. The Balaban J connectivity index is 1.15. The molecule has 4 heterocycles. The summed E-state index contributed by atoms with van der Waals surface area (Å²) in [6.07, 6.45) is 0. The molecule has 0 saturated heterocycles. The first-order valence-electron chi connectivity index (χ1n) is 21.1. The molecule has 13 aromatic rings. The molecule has 0 amide bonds. The van der Waals surface area contributed by atoms with E-state index in [0.29, 0.717) is 17.5 Å². The van der Waals surface area contributed by atoms with Gasteiger partial charge < -0.3 is 8.98 Å². The number of hydrogen-bond acceptors (Lipinski definition) is 5. The van der Waals surface area contributed by atoms with E-state index < -0.39 is 0 Å². The lowest BCUT2D eigenvalue weighted by molar-refractivity contribution is 0.669. The number of nitrogens with zero attached hydrogens (tertiary/aromatic N) is 4. The van der Waals surface area contributed by atoms with Crippen LogP contribution in [0.25, 0.3) is 126 Å². The molecular weight excluding hydrogens is 789 g/mol. The Morgan fingerprint density at radius 2 is 0.905 bits per heavy atom. The number of thiophene rings is 1. The summed E-state index contributed by atoms with van der Waals surface area (Å²) in [7, 11) is 0. The number of aromatic nitrogens is 4. The minimum atomic E-state index is 0.577. The maximum Gasteiger partial charge on any atom is 0.166 e. The monoisotopic (exact) mass is 822 g/mol. The van der Waals surface area contributed by atoms with Gasteiger partial charge in [-0.2, -0.15) is 0 Å². The Morgan fingerprint density at radius 1 is 0.349 bits per heavy atom. The summed E-state index contributed by atoms with van der Waals surface area (Å²) in [5.74, 6) is 1.79. The highest BCUT2D eigenvalue weighted by atomic mass is 32.1. The van der Waals surface area contributed by atoms with Gasteiger partial charge in [-0.1, -0.05) is 158 Å². The topological polar surface area (TPSA) is 56.7 Å². The Labute approximate surface area is 365 Å². The van der Waals surface area contributed by atoms with Crippen molar-refractivity contribution in [2.45, 2.75) is 0 Å². The third-order valence-electron chi connectivity index (χ3n) is 12.3. The zero-order chi connectivity index (χ0) is 41.4. The van der Waals surface area contributed by atoms with E-state index in [4.69, 9.17) is 19.4 Å². The van der Waals surface area contributed by atoms with Crippen molar-refractivity contribution in [3.63, 3.8) is 0 Å². The molecule has 0 spiro atoms. The van der Waals surface area contributed by atoms with Gasteiger partial charge in [0.15, 0.2) is 17.5 Å². The van der Waals surface area contributed by atoms with Crippen LogP contribution in [0, 0.1) is 0 Å². The molecule has 0 bridgehead atoms. The van der Waals surface area contributed by atoms with E-state index in [2.05, 4.69) is 174 Å². The molecule has 9 aromatic carbocycles. The van der Waals surface area contributed by atoms with Gasteiger partial charge in [0.25, 0.3) is 0 Å². The SMILES string of the molecule is c1ccc(-c2nc(-c3ccccc3)nc(-c3ccc4oc5cccc(-c6ccc7sc8cccc(-c9ccccc9)c8c7c6)c5c4c3-n3c4ccccc4c4ccccc43)n2)cc1. The predicted octanol–water partition coefficient (Wildman–Crippen LogP) is 15.6. The summed E-state index contributed by atoms with van der Waals surface area (Å²) >= 11 is 1.84. The van der Waals surface area contributed by atoms with E-state index in [1.165, 1.54) is 42.1 Å². The fourth-order valence-electron chi connectivity index (χ4n) is 9.49. The van der Waals surface area contributed by atoms with Crippen molar-refractivity contribution in [3.05, 3.63) is 206 Å². The highest BCUT2D eigenvalue weighted by molar-refractivity contribution is 7.26. The van der Waals surface area contributed by atoms with Crippen molar-refractivity contribution < 1.29 is 4.42 Å². The first-order chi connectivity index (χ1) is 31.2. The molecule has 0 aliphatic rings. The molecule has 0 radical (unpaired) electrons. The van der Waals surface area contributed by atoms with Crippen LogP contribution in [0.2, 0.25) is 0 Å². The van der Waals surface area contributed by atoms with Gasteiger partial charge >= 0.3 is 0 Å². The molecule has 0 N–H and O–H groups in total. The van der Waals surface area contributed by atoms with Gasteiger partial charge in [-0.25, -0.2) is 15.0 Å². The van der Waals surface area contributed by atoms with Gasteiger partial charge in [-0.15, -0.1) is 11.3 Å². The third kappa shape index (κ3) is 5.66. The second kappa shape index (κ2) is 14.2. The molecule has 0 atom stereocenters. The molecule has 4 aromatic heterocycles. The minimum Gasteiger partial charge on any atom is -0.456 e. The Morgan fingerprint density at radius 3 is 1.57 bits per heavy atom. The highest BCUT2D eigenvalue weighted by Gasteiger charge is 2.26. The number of fused-ring (bicyclic) bond motifs is 9. The predicted molar refractivity (Wildman–Crippen MR) is 262 cm³/mol. The second-order valence-electron chi connectivity index (χ2n) is 15.9. The van der Waals surface area contributed by atoms with Gasteiger partial charge in [-0.3, -0.25) is 0 Å². The van der Waals surface area contributed by atoms with Crippen LogP contribution < -0.4 is 0 Å². The Hall–Kier alpha value is -8.19. The van der Waals surface area contributed by atoms with E-state index in [-0.39, 0.29) is 0 Å². The molecule has 294 valence electrons. The van der Waals surface area contributed by atoms with Crippen molar-refractivity contribution in [1.29, 1.82) is 0 Å². The van der Waals surface area contributed by atoms with Gasteiger partial charge in [0.05, 0.1) is 22.1 Å². The van der Waals surface area contributed by atoms with Crippen molar-refractivity contribution in [3.8, 4) is 62.1 Å². The average Bonchev–Trinajstić information content (AvgIpc) is 4.04. The number of rotatable bonds is 6. The molecule has 0 fully saturated rings. The summed E-state index contributed by atoms with van der Waals surface area (Å²) in [4.78, 5) is 15.7. The van der Waals surface area contributed by atoms with E-state index in [1.807, 2.05) is 47.7 Å². The molecule has 0 saturated carbocycles. The number of furan rings is 1.